The molecule has 2 unspecified atom stereocenters. The largest absolute Gasteiger partial charge is 0.480 e. The van der Waals surface area contributed by atoms with Gasteiger partial charge in [0.15, 0.2) is 6.04 Å². The molecule has 0 spiro atoms. The minimum absolute atomic E-state index is 0.0329. The van der Waals surface area contributed by atoms with Crippen LogP contribution in [0.2, 0.25) is 0 Å². The molecule has 0 saturated carbocycles. The molecule has 7 heteroatoms. The molecule has 0 aromatic rings. The highest BCUT2D eigenvalue weighted by Crippen LogP contribution is 2.15. The van der Waals surface area contributed by atoms with E-state index in [1.54, 1.807) is 4.90 Å². The predicted molar refractivity (Wildman–Crippen MR) is 70.1 cm³/mol. The van der Waals surface area contributed by atoms with Crippen LogP contribution in [0, 0.1) is 5.92 Å². The van der Waals surface area contributed by atoms with Crippen LogP contribution in [0.1, 0.15) is 12.8 Å². The monoisotopic (exact) mass is 273 g/mol. The second-order valence-electron chi connectivity index (χ2n) is 4.81. The maximum absolute atomic E-state index is 12.0. The van der Waals surface area contributed by atoms with Crippen LogP contribution in [-0.2, 0) is 9.53 Å². The van der Waals surface area contributed by atoms with E-state index in [4.69, 9.17) is 9.84 Å². The first-order valence-corrected chi connectivity index (χ1v) is 6.50. The summed E-state index contributed by atoms with van der Waals surface area (Å²) in [4.78, 5) is 24.6. The molecule has 0 aromatic heterocycles. The maximum Gasteiger partial charge on any atom is 0.328 e. The zero-order valence-corrected chi connectivity index (χ0v) is 11.5. The number of piperidine rings is 1. The molecule has 2 atom stereocenters. The normalized spacial score (nSPS) is 20.9. The molecule has 1 saturated heterocycles. The van der Waals surface area contributed by atoms with Gasteiger partial charge < -0.3 is 25.4 Å². The summed E-state index contributed by atoms with van der Waals surface area (Å²) < 4.78 is 4.79. The number of hydrogen-bond acceptors (Lipinski definition) is 4. The average Bonchev–Trinajstić information content (AvgIpc) is 2.38. The lowest BCUT2D eigenvalue weighted by Gasteiger charge is -2.33. The number of nitrogens with zero attached hydrogens (tertiary/aromatic N) is 1. The number of carbonyl (C=O) groups is 2. The van der Waals surface area contributed by atoms with Gasteiger partial charge in [-0.3, -0.25) is 0 Å². The van der Waals surface area contributed by atoms with Gasteiger partial charge in [-0.1, -0.05) is 0 Å². The molecule has 110 valence electrons. The number of rotatable bonds is 6. The lowest BCUT2D eigenvalue weighted by atomic mass is 9.98. The number of carboxylic acid groups (broad SMARTS) is 1. The molecule has 2 amide bonds. The van der Waals surface area contributed by atoms with E-state index in [1.807, 2.05) is 7.05 Å². The molecule has 1 rings (SSSR count). The van der Waals surface area contributed by atoms with Gasteiger partial charge >= 0.3 is 12.0 Å². The number of carbonyl (C=O) groups excluding carboxylic acids is 1. The van der Waals surface area contributed by atoms with Crippen molar-refractivity contribution in [3.8, 4) is 0 Å². The van der Waals surface area contributed by atoms with Gasteiger partial charge in [0.1, 0.15) is 0 Å². The summed E-state index contributed by atoms with van der Waals surface area (Å²) in [7, 11) is 3.30. The zero-order chi connectivity index (χ0) is 14.3. The Bertz CT molecular complexity index is 309. The third kappa shape index (κ3) is 5.04. The van der Waals surface area contributed by atoms with Gasteiger partial charge in [0.2, 0.25) is 0 Å². The Labute approximate surface area is 113 Å². The summed E-state index contributed by atoms with van der Waals surface area (Å²) in [6, 6.07) is -1.33. The van der Waals surface area contributed by atoms with Crippen molar-refractivity contribution >= 4 is 12.0 Å². The molecule has 0 bridgehead atoms. The van der Waals surface area contributed by atoms with Crippen molar-refractivity contribution in [3.63, 3.8) is 0 Å². The molecule has 7 nitrogen and oxygen atoms in total. The lowest BCUT2D eigenvalue weighted by molar-refractivity contribution is -0.140. The highest BCUT2D eigenvalue weighted by molar-refractivity contribution is 5.82. The van der Waals surface area contributed by atoms with E-state index in [1.165, 1.54) is 7.11 Å². The molecular formula is C12H23N3O4. The molecule has 1 heterocycles. The molecule has 3 N–H and O–H groups in total. The van der Waals surface area contributed by atoms with Gasteiger partial charge in [0.25, 0.3) is 0 Å². The molecule has 1 aliphatic rings. The number of urea groups is 1. The van der Waals surface area contributed by atoms with Crippen LogP contribution in [0.15, 0.2) is 0 Å². The van der Waals surface area contributed by atoms with Crippen LogP contribution < -0.4 is 10.6 Å². The molecule has 0 radical (unpaired) electrons. The van der Waals surface area contributed by atoms with E-state index in [0.717, 1.165) is 19.4 Å². The van der Waals surface area contributed by atoms with Gasteiger partial charge in [0, 0.05) is 20.2 Å². The van der Waals surface area contributed by atoms with Gasteiger partial charge in [-0.2, -0.15) is 0 Å². The number of aliphatic carboxylic acids is 1. The summed E-state index contributed by atoms with van der Waals surface area (Å²) in [5, 5.41) is 14.6. The number of carboxylic acids is 1. The van der Waals surface area contributed by atoms with Crippen molar-refractivity contribution in [2.24, 2.45) is 5.92 Å². The molecule has 19 heavy (non-hydrogen) atoms. The van der Waals surface area contributed by atoms with E-state index in [9.17, 15) is 9.59 Å². The first-order chi connectivity index (χ1) is 9.08. The first kappa shape index (κ1) is 15.7. The number of likely N-dealkylation sites (tertiary alicyclic amines) is 1. The van der Waals surface area contributed by atoms with Gasteiger partial charge in [-0.25, -0.2) is 9.59 Å². The van der Waals surface area contributed by atoms with Crippen molar-refractivity contribution in [3.05, 3.63) is 0 Å². The second kappa shape index (κ2) is 7.96. The van der Waals surface area contributed by atoms with Crippen molar-refractivity contribution < 1.29 is 19.4 Å². The van der Waals surface area contributed by atoms with Crippen LogP contribution in [0.25, 0.3) is 0 Å². The molecule has 1 fully saturated rings. The molecular weight excluding hydrogens is 250 g/mol. The van der Waals surface area contributed by atoms with E-state index in [2.05, 4.69) is 10.6 Å². The van der Waals surface area contributed by atoms with E-state index >= 15 is 0 Å². The van der Waals surface area contributed by atoms with Gasteiger partial charge in [-0.15, -0.1) is 0 Å². The van der Waals surface area contributed by atoms with Crippen LogP contribution >= 0.6 is 0 Å². The average molecular weight is 273 g/mol. The minimum atomic E-state index is -1.08. The lowest BCUT2D eigenvalue weighted by Crippen LogP contribution is -2.52. The van der Waals surface area contributed by atoms with Crippen molar-refractivity contribution in [1.82, 2.24) is 15.5 Å². The fourth-order valence-electron chi connectivity index (χ4n) is 2.29. The van der Waals surface area contributed by atoms with Crippen LogP contribution in [0.3, 0.4) is 0 Å². The quantitative estimate of drug-likeness (QED) is 0.619. The molecule has 0 aromatic carbocycles. The number of methoxy groups -OCH3 is 1. The summed E-state index contributed by atoms with van der Waals surface area (Å²) >= 11 is 0. The summed E-state index contributed by atoms with van der Waals surface area (Å²) in [6.07, 6.45) is 2.03. The Morgan fingerprint density at radius 1 is 1.53 bits per heavy atom. The highest BCUT2D eigenvalue weighted by atomic mass is 16.5. The first-order valence-electron chi connectivity index (χ1n) is 6.50. The standard InChI is InChI=1S/C12H23N3O4/c1-13-6-9-4-3-5-15(7-9)12(18)14-10(8-19-2)11(16)17/h9-10,13H,3-8H2,1-2H3,(H,14,18)(H,16,17). The molecule has 0 aliphatic carbocycles. The third-order valence-corrected chi connectivity index (χ3v) is 3.23. The number of hydrogen-bond donors (Lipinski definition) is 3. The second-order valence-corrected chi connectivity index (χ2v) is 4.81. The molecule has 1 aliphatic heterocycles. The number of ether oxygens (including phenoxy) is 1. The van der Waals surface area contributed by atoms with E-state index < -0.39 is 12.0 Å². The van der Waals surface area contributed by atoms with Gasteiger partial charge in [-0.05, 0) is 32.4 Å². The van der Waals surface area contributed by atoms with Crippen molar-refractivity contribution in [1.29, 1.82) is 0 Å². The Hall–Kier alpha value is -1.34. The smallest absolute Gasteiger partial charge is 0.328 e. The third-order valence-electron chi connectivity index (χ3n) is 3.23. The maximum atomic E-state index is 12.0. The Kier molecular flexibility index (Phi) is 6.58. The highest BCUT2D eigenvalue weighted by Gasteiger charge is 2.26. The zero-order valence-electron chi connectivity index (χ0n) is 11.5. The Balaban J connectivity index is 2.49. The number of amides is 2. The Morgan fingerprint density at radius 2 is 2.26 bits per heavy atom. The van der Waals surface area contributed by atoms with E-state index in [0.29, 0.717) is 19.0 Å². The van der Waals surface area contributed by atoms with Crippen LogP contribution in [-0.4, -0.2) is 68.4 Å². The summed E-state index contributed by atoms with van der Waals surface area (Å²) in [5.74, 6) is -0.658. The van der Waals surface area contributed by atoms with Crippen molar-refractivity contribution in [2.75, 3.05) is 40.4 Å². The van der Waals surface area contributed by atoms with E-state index in [-0.39, 0.29) is 12.6 Å². The SMILES string of the molecule is CNCC1CCCN(C(=O)NC(COC)C(=O)O)C1. The Morgan fingerprint density at radius 3 is 2.84 bits per heavy atom. The summed E-state index contributed by atoms with van der Waals surface area (Å²) in [6.45, 7) is 2.16. The fourth-order valence-corrected chi connectivity index (χ4v) is 2.29. The van der Waals surface area contributed by atoms with Crippen LogP contribution in [0.4, 0.5) is 4.79 Å². The minimum Gasteiger partial charge on any atom is -0.480 e. The van der Waals surface area contributed by atoms with Crippen molar-refractivity contribution in [2.45, 2.75) is 18.9 Å². The number of nitrogens with one attached hydrogen (secondary N) is 2. The van der Waals surface area contributed by atoms with Crippen LogP contribution in [0.5, 0.6) is 0 Å². The predicted octanol–water partition coefficient (Wildman–Crippen LogP) is -0.273. The fraction of sp³-hybridized carbons (Fsp3) is 0.833. The summed E-state index contributed by atoms with van der Waals surface area (Å²) in [5.41, 5.74) is 0. The topological polar surface area (TPSA) is 90.9 Å². The van der Waals surface area contributed by atoms with Gasteiger partial charge in [0.05, 0.1) is 6.61 Å².